The Labute approximate surface area is 200 Å². The van der Waals surface area contributed by atoms with Crippen LogP contribution in [0.25, 0.3) is 0 Å². The van der Waals surface area contributed by atoms with E-state index >= 15 is 0 Å². The lowest BCUT2D eigenvalue weighted by molar-refractivity contribution is 0.0963. The number of rotatable bonds is 6. The molecule has 0 radical (unpaired) electrons. The molecule has 4 rings (SSSR count). The standard InChI is InChI=1S/C29H40O3S/c1-21-11-14-25(30)20-24(21)13-12-23-8-7-18-29(3)27(15-16-28(23)29)22(2)17-19-33(31,32)26-9-5-4-6-10-26/h4-6,9-10,12-13,22,25,27-28,30H,1,7-8,11,14-20H2,2-3H3/b23-12+,24-13-/t22?,25?,27-,28+,29-/m1/s1. The largest absolute Gasteiger partial charge is 0.393 e. The Balaban J connectivity index is 1.45. The van der Waals surface area contributed by atoms with Crippen LogP contribution in [0.4, 0.5) is 0 Å². The van der Waals surface area contributed by atoms with E-state index < -0.39 is 9.84 Å². The second-order valence-electron chi connectivity index (χ2n) is 10.9. The van der Waals surface area contributed by atoms with Crippen LogP contribution in [0.1, 0.15) is 71.6 Å². The quantitative estimate of drug-likeness (QED) is 0.508. The van der Waals surface area contributed by atoms with Crippen LogP contribution in [0.15, 0.2) is 70.7 Å². The van der Waals surface area contributed by atoms with Gasteiger partial charge in [0.25, 0.3) is 0 Å². The van der Waals surface area contributed by atoms with Gasteiger partial charge in [-0.25, -0.2) is 8.42 Å². The zero-order chi connectivity index (χ0) is 23.6. The predicted octanol–water partition coefficient (Wildman–Crippen LogP) is 6.66. The lowest BCUT2D eigenvalue weighted by atomic mass is 9.61. The lowest BCUT2D eigenvalue weighted by Crippen LogP contribution is -2.36. The second-order valence-corrected chi connectivity index (χ2v) is 13.0. The van der Waals surface area contributed by atoms with E-state index in [2.05, 4.69) is 32.6 Å². The third-order valence-electron chi connectivity index (χ3n) is 8.86. The van der Waals surface area contributed by atoms with E-state index in [9.17, 15) is 13.5 Å². The monoisotopic (exact) mass is 468 g/mol. The molecule has 0 saturated heterocycles. The second kappa shape index (κ2) is 9.92. The van der Waals surface area contributed by atoms with E-state index in [4.69, 9.17) is 0 Å². The molecule has 180 valence electrons. The Bertz CT molecular complexity index is 1020. The first-order chi connectivity index (χ1) is 15.7. The molecule has 5 atom stereocenters. The van der Waals surface area contributed by atoms with Crippen molar-refractivity contribution in [2.75, 3.05) is 5.75 Å². The number of hydrogen-bond donors (Lipinski definition) is 1. The molecule has 1 aromatic rings. The maximum atomic E-state index is 12.8. The molecule has 0 spiro atoms. The van der Waals surface area contributed by atoms with E-state index in [-0.39, 0.29) is 17.3 Å². The molecule has 3 nitrogen and oxygen atoms in total. The molecular weight excluding hydrogens is 428 g/mol. The zero-order valence-corrected chi connectivity index (χ0v) is 21.1. The maximum absolute atomic E-state index is 12.8. The number of hydrogen-bond acceptors (Lipinski definition) is 3. The molecule has 1 aromatic carbocycles. The van der Waals surface area contributed by atoms with E-state index in [1.54, 1.807) is 29.8 Å². The summed E-state index contributed by atoms with van der Waals surface area (Å²) in [6, 6.07) is 8.87. The number of sulfone groups is 1. The Morgan fingerprint density at radius 1 is 1.15 bits per heavy atom. The Morgan fingerprint density at radius 2 is 1.91 bits per heavy atom. The van der Waals surface area contributed by atoms with Gasteiger partial charge in [0.05, 0.1) is 16.8 Å². The smallest absolute Gasteiger partial charge is 0.178 e. The van der Waals surface area contributed by atoms with Crippen molar-refractivity contribution in [3.8, 4) is 0 Å². The van der Waals surface area contributed by atoms with Gasteiger partial charge >= 0.3 is 0 Å². The molecule has 33 heavy (non-hydrogen) atoms. The van der Waals surface area contributed by atoms with Crippen molar-refractivity contribution in [1.29, 1.82) is 0 Å². The molecule has 1 N–H and O–H groups in total. The molecule has 0 aliphatic heterocycles. The SMILES string of the molecule is C=C1CCC(O)C/C1=C/C=C1\CCC[C@]2(C)[C@@H](C(C)CCS(=O)(=O)c3ccccc3)CC[C@@H]12. The Morgan fingerprint density at radius 3 is 2.67 bits per heavy atom. The van der Waals surface area contributed by atoms with Crippen molar-refractivity contribution in [2.45, 2.75) is 82.6 Å². The molecule has 0 aromatic heterocycles. The molecule has 3 aliphatic carbocycles. The van der Waals surface area contributed by atoms with Gasteiger partial charge in [-0.2, -0.15) is 0 Å². The highest BCUT2D eigenvalue weighted by Crippen LogP contribution is 2.59. The summed E-state index contributed by atoms with van der Waals surface area (Å²) < 4.78 is 25.6. The van der Waals surface area contributed by atoms with Gasteiger partial charge in [-0.3, -0.25) is 0 Å². The topological polar surface area (TPSA) is 54.4 Å². The molecule has 3 saturated carbocycles. The van der Waals surface area contributed by atoms with Gasteiger partial charge in [0, 0.05) is 0 Å². The number of benzene rings is 1. The molecule has 4 heteroatoms. The van der Waals surface area contributed by atoms with Gasteiger partial charge in [0.2, 0.25) is 0 Å². The summed E-state index contributed by atoms with van der Waals surface area (Å²) in [7, 11) is -3.22. The summed E-state index contributed by atoms with van der Waals surface area (Å²) in [5.74, 6) is 1.78. The summed E-state index contributed by atoms with van der Waals surface area (Å²) in [5, 5.41) is 10.1. The Kier molecular flexibility index (Phi) is 7.35. The first-order valence-corrected chi connectivity index (χ1v) is 14.4. The summed E-state index contributed by atoms with van der Waals surface area (Å²) in [5.41, 5.74) is 4.19. The van der Waals surface area contributed by atoms with Crippen molar-refractivity contribution < 1.29 is 13.5 Å². The molecule has 0 heterocycles. The molecule has 0 bridgehead atoms. The van der Waals surface area contributed by atoms with Crippen LogP contribution in [-0.2, 0) is 9.84 Å². The van der Waals surface area contributed by atoms with Gasteiger partial charge in [0.15, 0.2) is 9.84 Å². The fourth-order valence-corrected chi connectivity index (χ4v) is 8.39. The lowest BCUT2D eigenvalue weighted by Gasteiger charge is -2.44. The van der Waals surface area contributed by atoms with Crippen molar-refractivity contribution in [2.24, 2.45) is 23.2 Å². The summed E-state index contributed by atoms with van der Waals surface area (Å²) in [6.45, 7) is 8.94. The molecule has 3 aliphatic rings. The van der Waals surface area contributed by atoms with E-state index in [1.807, 2.05) is 6.07 Å². The third-order valence-corrected chi connectivity index (χ3v) is 10.6. The first kappa shape index (κ1) is 24.5. The highest BCUT2D eigenvalue weighted by Gasteiger charge is 2.50. The Hall–Kier alpha value is -1.65. The summed E-state index contributed by atoms with van der Waals surface area (Å²) in [4.78, 5) is 0.443. The maximum Gasteiger partial charge on any atom is 0.178 e. The first-order valence-electron chi connectivity index (χ1n) is 12.7. The van der Waals surface area contributed by atoms with Gasteiger partial charge in [-0.05, 0) is 98.7 Å². The average Bonchev–Trinajstić information content (AvgIpc) is 3.16. The van der Waals surface area contributed by atoms with Crippen molar-refractivity contribution in [1.82, 2.24) is 0 Å². The highest BCUT2D eigenvalue weighted by atomic mass is 32.2. The number of allylic oxidation sites excluding steroid dienone is 4. The molecule has 0 amide bonds. The van der Waals surface area contributed by atoms with E-state index in [0.717, 1.165) is 32.1 Å². The van der Waals surface area contributed by atoms with Gasteiger partial charge in [0.1, 0.15) is 0 Å². The van der Waals surface area contributed by atoms with Crippen LogP contribution in [0.2, 0.25) is 0 Å². The zero-order valence-electron chi connectivity index (χ0n) is 20.3. The molecule has 3 fully saturated rings. The van der Waals surface area contributed by atoms with Crippen LogP contribution < -0.4 is 0 Å². The minimum atomic E-state index is -3.22. The predicted molar refractivity (Wildman–Crippen MR) is 136 cm³/mol. The minimum absolute atomic E-state index is 0.231. The van der Waals surface area contributed by atoms with Crippen LogP contribution in [0.5, 0.6) is 0 Å². The fraction of sp³-hybridized carbons (Fsp3) is 0.586. The van der Waals surface area contributed by atoms with Gasteiger partial charge < -0.3 is 5.11 Å². The number of aliphatic hydroxyl groups is 1. The van der Waals surface area contributed by atoms with E-state index in [1.165, 1.54) is 36.8 Å². The van der Waals surface area contributed by atoms with Crippen LogP contribution in [0.3, 0.4) is 0 Å². The van der Waals surface area contributed by atoms with Crippen molar-refractivity contribution in [3.05, 3.63) is 65.8 Å². The van der Waals surface area contributed by atoms with Crippen molar-refractivity contribution in [3.63, 3.8) is 0 Å². The van der Waals surface area contributed by atoms with Gasteiger partial charge in [-0.15, -0.1) is 0 Å². The highest BCUT2D eigenvalue weighted by molar-refractivity contribution is 7.91. The van der Waals surface area contributed by atoms with Crippen LogP contribution in [-0.4, -0.2) is 25.4 Å². The number of aliphatic hydroxyl groups excluding tert-OH is 1. The molecule has 2 unspecified atom stereocenters. The van der Waals surface area contributed by atoms with Crippen molar-refractivity contribution >= 4 is 9.84 Å². The third kappa shape index (κ3) is 5.22. The summed E-state index contributed by atoms with van der Waals surface area (Å²) >= 11 is 0. The van der Waals surface area contributed by atoms with Crippen LogP contribution >= 0.6 is 0 Å². The normalized spacial score (nSPS) is 33.9. The van der Waals surface area contributed by atoms with Crippen LogP contribution in [0, 0.1) is 23.2 Å². The van der Waals surface area contributed by atoms with Gasteiger partial charge in [-0.1, -0.05) is 61.9 Å². The van der Waals surface area contributed by atoms with E-state index in [0.29, 0.717) is 22.6 Å². The summed E-state index contributed by atoms with van der Waals surface area (Å²) in [6.07, 6.45) is 13.5. The fourth-order valence-electron chi connectivity index (χ4n) is 6.90. The molecular formula is C29H40O3S. The minimum Gasteiger partial charge on any atom is -0.393 e. The number of fused-ring (bicyclic) bond motifs is 1. The average molecular weight is 469 g/mol.